The maximum Gasteiger partial charge on any atom is 0.311 e. The number of para-hydroxylation sites is 1. The first-order chi connectivity index (χ1) is 19.4. The Morgan fingerprint density at radius 2 is 1.70 bits per heavy atom. The molecule has 0 bridgehead atoms. The number of nitro benzene ring substituents is 1. The molecule has 0 aliphatic heterocycles. The van der Waals surface area contributed by atoms with Crippen LogP contribution in [0.5, 0.6) is 11.5 Å². The Morgan fingerprint density at radius 3 is 2.38 bits per heavy atom. The van der Waals surface area contributed by atoms with E-state index in [2.05, 4.69) is 10.1 Å². The number of hydrogen-bond acceptors (Lipinski definition) is 9. The van der Waals surface area contributed by atoms with Crippen molar-refractivity contribution in [1.29, 1.82) is 0 Å². The van der Waals surface area contributed by atoms with Crippen molar-refractivity contribution >= 4 is 28.1 Å². The highest BCUT2D eigenvalue weighted by atomic mass is 32.1. The van der Waals surface area contributed by atoms with Gasteiger partial charge in [-0.2, -0.15) is 14.6 Å². The predicted octanol–water partition coefficient (Wildman–Crippen LogP) is 4.14. The zero-order valence-electron chi connectivity index (χ0n) is 21.2. The third-order valence-corrected chi connectivity index (χ3v) is 7.19. The fourth-order valence-corrected chi connectivity index (χ4v) is 5.15. The number of ether oxygens (including phenoxy) is 2. The third kappa shape index (κ3) is 4.46. The Balaban J connectivity index is 1.48. The van der Waals surface area contributed by atoms with Crippen LogP contribution in [-0.4, -0.2) is 43.5 Å². The van der Waals surface area contributed by atoms with Crippen molar-refractivity contribution in [1.82, 2.24) is 24.4 Å². The van der Waals surface area contributed by atoms with Gasteiger partial charge in [0, 0.05) is 29.0 Å². The number of hydrogen-bond donors (Lipinski definition) is 0. The van der Waals surface area contributed by atoms with E-state index < -0.39 is 4.92 Å². The molecule has 0 spiro atoms. The zero-order valence-corrected chi connectivity index (χ0v) is 22.0. The largest absolute Gasteiger partial charge is 0.497 e. The molecule has 0 radical (unpaired) electrons. The predicted molar refractivity (Wildman–Crippen MR) is 150 cm³/mol. The van der Waals surface area contributed by atoms with Crippen LogP contribution in [0, 0.1) is 10.1 Å². The molecule has 40 heavy (non-hydrogen) atoms. The number of nitrogens with zero attached hydrogens (tertiary/aromatic N) is 6. The average molecular weight is 553 g/mol. The van der Waals surface area contributed by atoms with Crippen molar-refractivity contribution in [3.63, 3.8) is 0 Å². The van der Waals surface area contributed by atoms with E-state index in [1.54, 1.807) is 42.3 Å². The molecule has 0 saturated carbocycles. The van der Waals surface area contributed by atoms with Crippen LogP contribution in [0.15, 0.2) is 83.8 Å². The lowest BCUT2D eigenvalue weighted by Gasteiger charge is -2.04. The van der Waals surface area contributed by atoms with E-state index in [0.29, 0.717) is 37.9 Å². The molecule has 0 aliphatic carbocycles. The molecule has 6 rings (SSSR count). The molecule has 198 valence electrons. The Bertz CT molecular complexity index is 1980. The molecule has 0 unspecified atom stereocenters. The standard InChI is InChI=1S/C28H20N6O5S/c1-38-21-11-8-17(9-12-21)26-29-28-33(31-26)27(35)24(40-28)15-19-16-32(20-6-4-3-5-7-20)30-25(19)18-10-13-23(39-2)22(14-18)34(36)37/h3-16H,1-2H3. The first kappa shape index (κ1) is 24.9. The Hall–Kier alpha value is -5.36. The van der Waals surface area contributed by atoms with Crippen molar-refractivity contribution < 1.29 is 14.4 Å². The van der Waals surface area contributed by atoms with Gasteiger partial charge in [-0.3, -0.25) is 14.9 Å². The zero-order chi connectivity index (χ0) is 27.8. The molecule has 0 amide bonds. The fourth-order valence-electron chi connectivity index (χ4n) is 4.25. The molecule has 3 heterocycles. The van der Waals surface area contributed by atoms with Gasteiger partial charge in [-0.15, -0.1) is 5.10 Å². The summed E-state index contributed by atoms with van der Waals surface area (Å²) < 4.78 is 13.7. The van der Waals surface area contributed by atoms with E-state index in [9.17, 15) is 14.9 Å². The third-order valence-electron chi connectivity index (χ3n) is 6.23. The topological polar surface area (TPSA) is 127 Å². The molecule has 0 aliphatic rings. The summed E-state index contributed by atoms with van der Waals surface area (Å²) in [4.78, 5) is 29.5. The van der Waals surface area contributed by atoms with Crippen molar-refractivity contribution in [3.05, 3.63) is 110 Å². The van der Waals surface area contributed by atoms with E-state index in [4.69, 9.17) is 14.6 Å². The van der Waals surface area contributed by atoms with Gasteiger partial charge in [0.1, 0.15) is 11.4 Å². The molecule has 11 nitrogen and oxygen atoms in total. The minimum Gasteiger partial charge on any atom is -0.497 e. The van der Waals surface area contributed by atoms with Crippen LogP contribution in [0.2, 0.25) is 0 Å². The van der Waals surface area contributed by atoms with Gasteiger partial charge in [-0.05, 0) is 54.6 Å². The lowest BCUT2D eigenvalue weighted by Crippen LogP contribution is -2.23. The van der Waals surface area contributed by atoms with Gasteiger partial charge < -0.3 is 9.47 Å². The van der Waals surface area contributed by atoms with Crippen molar-refractivity contribution in [2.24, 2.45) is 0 Å². The van der Waals surface area contributed by atoms with Crippen LogP contribution in [-0.2, 0) is 0 Å². The SMILES string of the molecule is COc1ccc(-c2nc3sc(=Cc4cn(-c5ccccc5)nc4-c4ccc(OC)c([N+](=O)[O-])c4)c(=O)n3n2)cc1. The summed E-state index contributed by atoms with van der Waals surface area (Å²) in [6.45, 7) is 0. The smallest absolute Gasteiger partial charge is 0.311 e. The monoisotopic (exact) mass is 552 g/mol. The Morgan fingerprint density at radius 1 is 0.950 bits per heavy atom. The maximum atomic E-state index is 13.3. The van der Waals surface area contributed by atoms with Crippen molar-refractivity contribution in [2.45, 2.75) is 0 Å². The molecule has 0 saturated heterocycles. The molecule has 6 aromatic rings. The highest BCUT2D eigenvalue weighted by Gasteiger charge is 2.20. The second-order valence-electron chi connectivity index (χ2n) is 8.63. The second kappa shape index (κ2) is 10.1. The summed E-state index contributed by atoms with van der Waals surface area (Å²) in [7, 11) is 2.97. The second-order valence-corrected chi connectivity index (χ2v) is 9.64. The highest BCUT2D eigenvalue weighted by molar-refractivity contribution is 7.15. The number of aromatic nitrogens is 5. The molecular formula is C28H20N6O5S. The number of fused-ring (bicyclic) bond motifs is 1. The Labute approximate surface area is 230 Å². The van der Waals surface area contributed by atoms with Crippen LogP contribution in [0.25, 0.3) is 39.4 Å². The van der Waals surface area contributed by atoms with Crippen LogP contribution in [0.4, 0.5) is 5.69 Å². The molecule has 12 heteroatoms. The van der Waals surface area contributed by atoms with Crippen molar-refractivity contribution in [2.75, 3.05) is 14.2 Å². The number of methoxy groups -OCH3 is 2. The lowest BCUT2D eigenvalue weighted by molar-refractivity contribution is -0.385. The van der Waals surface area contributed by atoms with E-state index in [1.165, 1.54) is 35.1 Å². The van der Waals surface area contributed by atoms with Gasteiger partial charge in [-0.25, -0.2) is 4.68 Å². The first-order valence-electron chi connectivity index (χ1n) is 12.0. The minimum atomic E-state index is -0.504. The van der Waals surface area contributed by atoms with Gasteiger partial charge in [0.25, 0.3) is 5.56 Å². The van der Waals surface area contributed by atoms with Crippen LogP contribution >= 0.6 is 11.3 Å². The van der Waals surface area contributed by atoms with Gasteiger partial charge in [0.2, 0.25) is 4.96 Å². The van der Waals surface area contributed by atoms with E-state index in [-0.39, 0.29) is 17.0 Å². The van der Waals surface area contributed by atoms with Crippen LogP contribution in [0.3, 0.4) is 0 Å². The molecule has 0 atom stereocenters. The van der Waals surface area contributed by atoms with Crippen LogP contribution in [0.1, 0.15) is 5.56 Å². The normalized spacial score (nSPS) is 11.7. The molecule has 3 aromatic carbocycles. The van der Waals surface area contributed by atoms with E-state index in [1.807, 2.05) is 42.5 Å². The summed E-state index contributed by atoms with van der Waals surface area (Å²) in [6, 6.07) is 21.3. The van der Waals surface area contributed by atoms with Crippen LogP contribution < -0.4 is 19.6 Å². The number of rotatable bonds is 7. The number of nitro groups is 1. The molecule has 3 aromatic heterocycles. The van der Waals surface area contributed by atoms with E-state index >= 15 is 0 Å². The maximum absolute atomic E-state index is 13.3. The summed E-state index contributed by atoms with van der Waals surface area (Å²) in [5, 5.41) is 20.8. The summed E-state index contributed by atoms with van der Waals surface area (Å²) >= 11 is 1.20. The fraction of sp³-hybridized carbons (Fsp3) is 0.0714. The van der Waals surface area contributed by atoms with Crippen molar-refractivity contribution in [3.8, 4) is 39.8 Å². The van der Waals surface area contributed by atoms with Gasteiger partial charge in [0.15, 0.2) is 11.6 Å². The summed E-state index contributed by atoms with van der Waals surface area (Å²) in [5.74, 6) is 1.28. The number of thiazole rings is 1. The summed E-state index contributed by atoms with van der Waals surface area (Å²) in [6.07, 6.45) is 3.48. The molecule has 0 fully saturated rings. The van der Waals surface area contributed by atoms with Gasteiger partial charge in [-0.1, -0.05) is 29.5 Å². The van der Waals surface area contributed by atoms with Gasteiger partial charge in [0.05, 0.1) is 29.4 Å². The average Bonchev–Trinajstić information content (AvgIpc) is 3.68. The molecular weight excluding hydrogens is 532 g/mol. The summed E-state index contributed by atoms with van der Waals surface area (Å²) in [5.41, 5.74) is 2.60. The Kier molecular flexibility index (Phi) is 6.28. The van der Waals surface area contributed by atoms with E-state index in [0.717, 1.165) is 11.3 Å². The van der Waals surface area contributed by atoms with Gasteiger partial charge >= 0.3 is 5.69 Å². The quantitative estimate of drug-likeness (QED) is 0.214. The lowest BCUT2D eigenvalue weighted by atomic mass is 10.1. The number of benzene rings is 3. The molecule has 0 N–H and O–H groups in total. The minimum absolute atomic E-state index is 0.141. The first-order valence-corrected chi connectivity index (χ1v) is 12.8. The highest BCUT2D eigenvalue weighted by Crippen LogP contribution is 2.33.